The molecule has 1 aromatic carbocycles. The Morgan fingerprint density at radius 3 is 2.65 bits per heavy atom. The predicted octanol–water partition coefficient (Wildman–Crippen LogP) is 3.63. The van der Waals surface area contributed by atoms with Crippen molar-refractivity contribution < 1.29 is 9.26 Å². The van der Waals surface area contributed by atoms with Gasteiger partial charge >= 0.3 is 0 Å². The van der Waals surface area contributed by atoms with E-state index in [-0.39, 0.29) is 5.88 Å². The first-order valence-corrected chi connectivity index (χ1v) is 5.71. The van der Waals surface area contributed by atoms with Crippen molar-refractivity contribution in [3.05, 3.63) is 28.2 Å². The number of hydrogen-bond acceptors (Lipinski definition) is 4. The molecule has 2 aromatic rings. The van der Waals surface area contributed by atoms with E-state index >= 15 is 0 Å². The van der Waals surface area contributed by atoms with Crippen LogP contribution in [0.15, 0.2) is 22.7 Å². The molecular formula is C11H10Cl2N2O2. The first-order chi connectivity index (χ1) is 8.11. The molecule has 0 spiro atoms. The highest BCUT2D eigenvalue weighted by Crippen LogP contribution is 2.36. The lowest BCUT2D eigenvalue weighted by Crippen LogP contribution is -1.93. The van der Waals surface area contributed by atoms with Gasteiger partial charge < -0.3 is 15.0 Å². The molecule has 2 rings (SSSR count). The van der Waals surface area contributed by atoms with Crippen LogP contribution in [-0.4, -0.2) is 11.8 Å². The van der Waals surface area contributed by atoms with Gasteiger partial charge in [-0.15, -0.1) is 0 Å². The minimum absolute atomic E-state index is 0.223. The van der Waals surface area contributed by atoms with Crippen LogP contribution in [0, 0.1) is 0 Å². The summed E-state index contributed by atoms with van der Waals surface area (Å²) in [4.78, 5) is 0. The molecular weight excluding hydrogens is 263 g/mol. The van der Waals surface area contributed by atoms with Gasteiger partial charge in [0, 0.05) is 17.7 Å². The molecule has 0 bridgehead atoms. The molecule has 1 aromatic heterocycles. The fourth-order valence-corrected chi connectivity index (χ4v) is 1.88. The van der Waals surface area contributed by atoms with Crippen molar-refractivity contribution in [1.82, 2.24) is 5.16 Å². The van der Waals surface area contributed by atoms with E-state index in [1.807, 2.05) is 6.92 Å². The Balaban J connectivity index is 2.46. The van der Waals surface area contributed by atoms with Gasteiger partial charge in [-0.25, -0.2) is 0 Å². The fourth-order valence-electron chi connectivity index (χ4n) is 1.41. The molecule has 0 saturated heterocycles. The van der Waals surface area contributed by atoms with Crippen molar-refractivity contribution >= 4 is 29.1 Å². The van der Waals surface area contributed by atoms with Crippen LogP contribution in [0.5, 0.6) is 5.75 Å². The van der Waals surface area contributed by atoms with E-state index in [2.05, 4.69) is 5.16 Å². The van der Waals surface area contributed by atoms with Gasteiger partial charge in [0.15, 0.2) is 0 Å². The third-order valence-corrected chi connectivity index (χ3v) is 2.73. The molecule has 0 atom stereocenters. The number of halogens is 2. The standard InChI is InChI=1S/C11H10Cl2N2O2/c1-2-16-10-4-7(12)6(3-8(10)13)9-5-11(14)17-15-9/h3-5H,2,14H2,1H3. The van der Waals surface area contributed by atoms with Crippen LogP contribution in [0.2, 0.25) is 10.0 Å². The maximum atomic E-state index is 6.12. The summed E-state index contributed by atoms with van der Waals surface area (Å²) in [6, 6.07) is 4.90. The highest BCUT2D eigenvalue weighted by molar-refractivity contribution is 6.36. The maximum absolute atomic E-state index is 6.12. The van der Waals surface area contributed by atoms with Crippen molar-refractivity contribution in [2.24, 2.45) is 0 Å². The first-order valence-electron chi connectivity index (χ1n) is 4.96. The van der Waals surface area contributed by atoms with Crippen LogP contribution in [0.3, 0.4) is 0 Å². The van der Waals surface area contributed by atoms with Gasteiger partial charge in [-0.3, -0.25) is 0 Å². The number of nitrogens with zero attached hydrogens (tertiary/aromatic N) is 1. The quantitative estimate of drug-likeness (QED) is 0.927. The number of benzene rings is 1. The Bertz CT molecular complexity index is 540. The number of aromatic nitrogens is 1. The lowest BCUT2D eigenvalue weighted by Gasteiger charge is -2.08. The van der Waals surface area contributed by atoms with E-state index in [0.29, 0.717) is 33.7 Å². The van der Waals surface area contributed by atoms with Crippen LogP contribution in [-0.2, 0) is 0 Å². The van der Waals surface area contributed by atoms with Crippen molar-refractivity contribution in [3.8, 4) is 17.0 Å². The monoisotopic (exact) mass is 272 g/mol. The largest absolute Gasteiger partial charge is 0.492 e. The zero-order chi connectivity index (χ0) is 12.4. The SMILES string of the molecule is CCOc1cc(Cl)c(-c2cc(N)on2)cc1Cl. The number of rotatable bonds is 3. The molecule has 0 unspecified atom stereocenters. The van der Waals surface area contributed by atoms with Gasteiger partial charge in [0.25, 0.3) is 0 Å². The Morgan fingerprint density at radius 2 is 2.06 bits per heavy atom. The summed E-state index contributed by atoms with van der Waals surface area (Å²) in [5.41, 5.74) is 6.64. The van der Waals surface area contributed by atoms with E-state index < -0.39 is 0 Å². The summed E-state index contributed by atoms with van der Waals surface area (Å²) < 4.78 is 10.1. The number of nitrogens with two attached hydrogens (primary N) is 1. The van der Waals surface area contributed by atoms with Crippen molar-refractivity contribution in [1.29, 1.82) is 0 Å². The van der Waals surface area contributed by atoms with E-state index in [9.17, 15) is 0 Å². The topological polar surface area (TPSA) is 61.3 Å². The molecule has 0 aliphatic carbocycles. The van der Waals surface area contributed by atoms with E-state index in [1.54, 1.807) is 18.2 Å². The molecule has 17 heavy (non-hydrogen) atoms. The molecule has 0 radical (unpaired) electrons. The van der Waals surface area contributed by atoms with Crippen LogP contribution >= 0.6 is 23.2 Å². The Morgan fingerprint density at radius 1 is 1.29 bits per heavy atom. The number of hydrogen-bond donors (Lipinski definition) is 1. The molecule has 0 fully saturated rings. The number of nitrogen functional groups attached to an aromatic ring is 1. The molecule has 4 nitrogen and oxygen atoms in total. The van der Waals surface area contributed by atoms with Crippen LogP contribution < -0.4 is 10.5 Å². The second-order valence-electron chi connectivity index (χ2n) is 3.31. The molecule has 2 N–H and O–H groups in total. The van der Waals surface area contributed by atoms with Crippen molar-refractivity contribution in [2.45, 2.75) is 6.92 Å². The van der Waals surface area contributed by atoms with E-state index in [0.717, 1.165) is 0 Å². The van der Waals surface area contributed by atoms with Crippen LogP contribution in [0.4, 0.5) is 5.88 Å². The third kappa shape index (κ3) is 2.48. The average Bonchev–Trinajstić information content (AvgIpc) is 2.70. The zero-order valence-electron chi connectivity index (χ0n) is 9.04. The van der Waals surface area contributed by atoms with Gasteiger partial charge in [0.2, 0.25) is 5.88 Å². The van der Waals surface area contributed by atoms with E-state index in [1.165, 1.54) is 0 Å². The van der Waals surface area contributed by atoms with Gasteiger partial charge in [0.1, 0.15) is 11.4 Å². The van der Waals surface area contributed by atoms with Gasteiger partial charge in [-0.05, 0) is 13.0 Å². The predicted molar refractivity (Wildman–Crippen MR) is 67.5 cm³/mol. The maximum Gasteiger partial charge on any atom is 0.222 e. The van der Waals surface area contributed by atoms with Gasteiger partial charge in [-0.2, -0.15) is 0 Å². The highest BCUT2D eigenvalue weighted by atomic mass is 35.5. The number of ether oxygens (including phenoxy) is 1. The van der Waals surface area contributed by atoms with Crippen molar-refractivity contribution in [2.75, 3.05) is 12.3 Å². The second-order valence-corrected chi connectivity index (χ2v) is 4.12. The first kappa shape index (κ1) is 12.1. The normalized spacial score (nSPS) is 10.5. The van der Waals surface area contributed by atoms with E-state index in [4.69, 9.17) is 38.2 Å². The Labute approximate surface area is 108 Å². The minimum atomic E-state index is 0.223. The van der Waals surface area contributed by atoms with Crippen molar-refractivity contribution in [3.63, 3.8) is 0 Å². The summed E-state index contributed by atoms with van der Waals surface area (Å²) >= 11 is 12.2. The smallest absolute Gasteiger partial charge is 0.222 e. The Kier molecular flexibility index (Phi) is 3.45. The van der Waals surface area contributed by atoms with Gasteiger partial charge in [0.05, 0.1) is 16.7 Å². The highest BCUT2D eigenvalue weighted by Gasteiger charge is 2.13. The third-order valence-electron chi connectivity index (χ3n) is 2.13. The summed E-state index contributed by atoms with van der Waals surface area (Å²) in [5, 5.41) is 4.72. The Hall–Kier alpha value is -1.39. The molecule has 0 aliphatic rings. The molecule has 1 heterocycles. The van der Waals surface area contributed by atoms with Gasteiger partial charge in [-0.1, -0.05) is 28.4 Å². The molecule has 6 heteroatoms. The molecule has 90 valence electrons. The molecule has 0 aliphatic heterocycles. The summed E-state index contributed by atoms with van der Waals surface area (Å²) in [6.07, 6.45) is 0. The zero-order valence-corrected chi connectivity index (χ0v) is 10.5. The number of anilines is 1. The fraction of sp³-hybridized carbons (Fsp3) is 0.182. The second kappa shape index (κ2) is 4.85. The summed E-state index contributed by atoms with van der Waals surface area (Å²) in [5.74, 6) is 0.764. The minimum Gasteiger partial charge on any atom is -0.492 e. The van der Waals surface area contributed by atoms with Crippen LogP contribution in [0.25, 0.3) is 11.3 Å². The molecule has 0 amide bonds. The lowest BCUT2D eigenvalue weighted by molar-refractivity contribution is 0.340. The molecule has 0 saturated carbocycles. The average molecular weight is 273 g/mol. The summed E-state index contributed by atoms with van der Waals surface area (Å²) in [7, 11) is 0. The van der Waals surface area contributed by atoms with Crippen LogP contribution in [0.1, 0.15) is 6.92 Å². The summed E-state index contributed by atoms with van der Waals surface area (Å²) in [6.45, 7) is 2.39. The lowest BCUT2D eigenvalue weighted by atomic mass is 10.1.